The van der Waals surface area contributed by atoms with Crippen molar-refractivity contribution in [2.24, 2.45) is 0 Å². The van der Waals surface area contributed by atoms with Crippen LogP contribution in [0.5, 0.6) is 0 Å². The lowest BCUT2D eigenvalue weighted by Crippen LogP contribution is -2.42. The van der Waals surface area contributed by atoms with E-state index in [1.165, 1.54) is 19.1 Å². The molecule has 142 valence electrons. The molecule has 1 aliphatic heterocycles. The molecule has 1 aromatic rings. The average Bonchev–Trinajstić information content (AvgIpc) is 3.00. The van der Waals surface area contributed by atoms with Crippen LogP contribution in [0.1, 0.15) is 18.9 Å². The normalized spacial score (nSPS) is 15.5. The Kier molecular flexibility index (Phi) is 6.32. The first kappa shape index (κ1) is 19.9. The smallest absolute Gasteiger partial charge is 0.324 e. The van der Waals surface area contributed by atoms with Crippen LogP contribution in [0, 0.1) is 6.92 Å². The number of amides is 3. The number of ether oxygens (including phenoxy) is 1. The van der Waals surface area contributed by atoms with Crippen molar-refractivity contribution in [1.82, 2.24) is 14.9 Å². The van der Waals surface area contributed by atoms with Crippen LogP contribution in [0.4, 0.5) is 4.79 Å². The van der Waals surface area contributed by atoms with Crippen molar-refractivity contribution in [3.05, 3.63) is 29.8 Å². The first-order valence-electron chi connectivity index (χ1n) is 8.06. The number of nitrogens with zero attached hydrogens (tertiary/aromatic N) is 1. The number of carbonyl (C=O) groups is 3. The second kappa shape index (κ2) is 8.28. The highest BCUT2D eigenvalue weighted by molar-refractivity contribution is 7.89. The largest absolute Gasteiger partial charge is 0.452 e. The maximum atomic E-state index is 12.1. The van der Waals surface area contributed by atoms with E-state index >= 15 is 0 Å². The molecule has 0 saturated carbocycles. The molecule has 1 fully saturated rings. The molecular weight excluding hydrogens is 362 g/mol. The maximum absolute atomic E-state index is 12.1. The number of rotatable bonds is 7. The molecule has 1 aliphatic rings. The quantitative estimate of drug-likeness (QED) is 0.646. The summed E-state index contributed by atoms with van der Waals surface area (Å²) in [6.07, 6.45) is -1.37. The summed E-state index contributed by atoms with van der Waals surface area (Å²) in [7, 11) is -3.72. The van der Waals surface area contributed by atoms with Crippen LogP contribution in [0.2, 0.25) is 0 Å². The van der Waals surface area contributed by atoms with E-state index < -0.39 is 34.0 Å². The van der Waals surface area contributed by atoms with E-state index in [1.54, 1.807) is 12.1 Å². The molecule has 0 unspecified atom stereocenters. The summed E-state index contributed by atoms with van der Waals surface area (Å²) in [6, 6.07) is 5.76. The second-order valence-corrected chi connectivity index (χ2v) is 7.58. The van der Waals surface area contributed by atoms with Crippen LogP contribution in [-0.4, -0.2) is 57.0 Å². The predicted octanol–water partition coefficient (Wildman–Crippen LogP) is 0.147. The summed E-state index contributed by atoms with van der Waals surface area (Å²) in [6.45, 7) is 3.61. The zero-order valence-corrected chi connectivity index (χ0v) is 15.3. The number of hydrogen-bond acceptors (Lipinski definition) is 6. The number of nitrogens with one attached hydrogen (secondary N) is 2. The van der Waals surface area contributed by atoms with Gasteiger partial charge in [0.05, 0.1) is 11.3 Å². The first-order chi connectivity index (χ1) is 12.2. The van der Waals surface area contributed by atoms with Crippen LogP contribution < -0.4 is 10.0 Å². The molecule has 0 bridgehead atoms. The third-order valence-electron chi connectivity index (χ3n) is 3.73. The third kappa shape index (κ3) is 5.02. The fourth-order valence-corrected chi connectivity index (χ4v) is 3.33. The van der Waals surface area contributed by atoms with Crippen molar-refractivity contribution >= 4 is 27.9 Å². The zero-order chi connectivity index (χ0) is 19.3. The van der Waals surface area contributed by atoms with Gasteiger partial charge in [-0.15, -0.1) is 0 Å². The lowest BCUT2D eigenvalue weighted by molar-refractivity contribution is -0.157. The Morgan fingerprint density at radius 2 is 1.96 bits per heavy atom. The monoisotopic (exact) mass is 383 g/mol. The van der Waals surface area contributed by atoms with Gasteiger partial charge in [-0.25, -0.2) is 17.9 Å². The highest BCUT2D eigenvalue weighted by Gasteiger charge is 2.31. The van der Waals surface area contributed by atoms with Gasteiger partial charge in [0.25, 0.3) is 5.91 Å². The molecule has 0 aliphatic carbocycles. The summed E-state index contributed by atoms with van der Waals surface area (Å²) >= 11 is 0. The van der Waals surface area contributed by atoms with Gasteiger partial charge in [0.2, 0.25) is 10.0 Å². The Hall–Kier alpha value is -2.46. The molecule has 0 spiro atoms. The van der Waals surface area contributed by atoms with Crippen molar-refractivity contribution in [3.63, 3.8) is 0 Å². The van der Waals surface area contributed by atoms with E-state index in [9.17, 15) is 22.8 Å². The van der Waals surface area contributed by atoms with Gasteiger partial charge >= 0.3 is 12.0 Å². The summed E-state index contributed by atoms with van der Waals surface area (Å²) in [5.74, 6) is -1.36. The number of urea groups is 1. The van der Waals surface area contributed by atoms with E-state index in [-0.39, 0.29) is 24.4 Å². The minimum absolute atomic E-state index is 0.0973. The van der Waals surface area contributed by atoms with Crippen LogP contribution in [0.15, 0.2) is 29.2 Å². The van der Waals surface area contributed by atoms with E-state index in [1.807, 2.05) is 6.92 Å². The molecule has 1 saturated heterocycles. The number of carbonyl (C=O) groups excluding carboxylic acids is 3. The van der Waals surface area contributed by atoms with Gasteiger partial charge in [0, 0.05) is 19.6 Å². The van der Waals surface area contributed by atoms with Crippen LogP contribution in [0.3, 0.4) is 0 Å². The molecule has 0 aromatic heterocycles. The number of aryl methyl sites for hydroxylation is 1. The molecule has 9 nitrogen and oxygen atoms in total. The van der Waals surface area contributed by atoms with E-state index in [0.717, 1.165) is 10.5 Å². The number of benzene rings is 1. The Labute approximate surface area is 151 Å². The minimum Gasteiger partial charge on any atom is -0.452 e. The average molecular weight is 383 g/mol. The van der Waals surface area contributed by atoms with E-state index in [2.05, 4.69) is 10.0 Å². The van der Waals surface area contributed by atoms with Crippen molar-refractivity contribution < 1.29 is 27.5 Å². The van der Waals surface area contributed by atoms with Gasteiger partial charge in [-0.2, -0.15) is 0 Å². The highest BCUT2D eigenvalue weighted by atomic mass is 32.2. The van der Waals surface area contributed by atoms with Crippen molar-refractivity contribution in [2.45, 2.75) is 31.3 Å². The lowest BCUT2D eigenvalue weighted by atomic mass is 10.2. The number of sulfonamides is 1. The number of hydrogen-bond donors (Lipinski definition) is 2. The van der Waals surface area contributed by atoms with Crippen molar-refractivity contribution in [3.8, 4) is 0 Å². The van der Waals surface area contributed by atoms with Gasteiger partial charge in [-0.3, -0.25) is 14.5 Å². The molecule has 2 N–H and O–H groups in total. The molecule has 2 rings (SSSR count). The van der Waals surface area contributed by atoms with Crippen LogP contribution in [0.25, 0.3) is 0 Å². The van der Waals surface area contributed by atoms with Gasteiger partial charge < -0.3 is 10.1 Å². The second-order valence-electron chi connectivity index (χ2n) is 5.81. The first-order valence-corrected chi connectivity index (χ1v) is 9.54. The summed E-state index contributed by atoms with van der Waals surface area (Å²) < 4.78 is 31.5. The summed E-state index contributed by atoms with van der Waals surface area (Å²) in [5, 5.41) is 2.48. The van der Waals surface area contributed by atoms with Crippen LogP contribution in [-0.2, 0) is 24.3 Å². The molecule has 26 heavy (non-hydrogen) atoms. The SMILES string of the molecule is Cc1ccc(S(=O)(=O)NCCC(=O)O[C@@H](C)C(=O)N2CCNC2=O)cc1. The zero-order valence-electron chi connectivity index (χ0n) is 14.5. The predicted molar refractivity (Wildman–Crippen MR) is 91.7 cm³/mol. The molecule has 1 aromatic carbocycles. The Morgan fingerprint density at radius 3 is 2.54 bits per heavy atom. The molecule has 1 heterocycles. The van der Waals surface area contributed by atoms with Gasteiger partial charge in [-0.05, 0) is 26.0 Å². The van der Waals surface area contributed by atoms with E-state index in [0.29, 0.717) is 6.54 Å². The summed E-state index contributed by atoms with van der Waals surface area (Å²) in [5.41, 5.74) is 0.929. The molecule has 3 amide bonds. The van der Waals surface area contributed by atoms with Crippen LogP contribution >= 0.6 is 0 Å². The van der Waals surface area contributed by atoms with E-state index in [4.69, 9.17) is 4.74 Å². The molecule has 1 atom stereocenters. The van der Waals surface area contributed by atoms with Gasteiger partial charge in [-0.1, -0.05) is 17.7 Å². The molecule has 10 heteroatoms. The van der Waals surface area contributed by atoms with Gasteiger partial charge in [0.1, 0.15) is 0 Å². The standard InChI is InChI=1S/C16H21N3O6S/c1-11-3-5-13(6-4-11)26(23,24)18-8-7-14(20)25-12(2)15(21)19-10-9-17-16(19)22/h3-6,12,18H,7-10H2,1-2H3,(H,17,22)/t12-/m0/s1. The van der Waals surface area contributed by atoms with Crippen molar-refractivity contribution in [2.75, 3.05) is 19.6 Å². The maximum Gasteiger partial charge on any atom is 0.324 e. The third-order valence-corrected chi connectivity index (χ3v) is 5.21. The Morgan fingerprint density at radius 1 is 1.31 bits per heavy atom. The van der Waals surface area contributed by atoms with Gasteiger partial charge in [0.15, 0.2) is 6.10 Å². The minimum atomic E-state index is -3.72. The fraction of sp³-hybridized carbons (Fsp3) is 0.438. The lowest BCUT2D eigenvalue weighted by Gasteiger charge is -2.18. The Bertz CT molecular complexity index is 791. The van der Waals surface area contributed by atoms with Crippen molar-refractivity contribution in [1.29, 1.82) is 0 Å². The summed E-state index contributed by atoms with van der Waals surface area (Å²) in [4.78, 5) is 36.3. The Balaban J connectivity index is 1.80. The molecular formula is C16H21N3O6S. The topological polar surface area (TPSA) is 122 Å². The number of esters is 1. The highest BCUT2D eigenvalue weighted by Crippen LogP contribution is 2.10. The number of imide groups is 1. The molecule has 0 radical (unpaired) electrons. The fourth-order valence-electron chi connectivity index (χ4n) is 2.30.